The van der Waals surface area contributed by atoms with Crippen molar-refractivity contribution >= 4 is 11.3 Å². The highest BCUT2D eigenvalue weighted by molar-refractivity contribution is 7.12. The van der Waals surface area contributed by atoms with E-state index in [9.17, 15) is 0 Å². The van der Waals surface area contributed by atoms with Crippen molar-refractivity contribution in [1.29, 1.82) is 0 Å². The fourth-order valence-corrected chi connectivity index (χ4v) is 3.08. The Hall–Kier alpha value is -1.23. The van der Waals surface area contributed by atoms with Gasteiger partial charge >= 0.3 is 0 Å². The van der Waals surface area contributed by atoms with Crippen molar-refractivity contribution in [3.05, 3.63) is 52.0 Å². The van der Waals surface area contributed by atoms with Gasteiger partial charge in [0, 0.05) is 34.1 Å². The molecule has 0 aromatic carbocycles. The van der Waals surface area contributed by atoms with Crippen LogP contribution in [0.5, 0.6) is 0 Å². The molecule has 0 spiro atoms. The van der Waals surface area contributed by atoms with Crippen LogP contribution in [-0.2, 0) is 11.2 Å². The average molecular weight is 290 g/mol. The van der Waals surface area contributed by atoms with Gasteiger partial charge in [-0.2, -0.15) is 0 Å². The van der Waals surface area contributed by atoms with Crippen LogP contribution in [0, 0.1) is 6.92 Å². The van der Waals surface area contributed by atoms with Gasteiger partial charge in [-0.25, -0.2) is 0 Å². The molecule has 2 rings (SSSR count). The van der Waals surface area contributed by atoms with E-state index in [4.69, 9.17) is 10.5 Å². The van der Waals surface area contributed by atoms with Crippen molar-refractivity contribution in [3.8, 4) is 0 Å². The number of ether oxygens (including phenoxy) is 1. The van der Waals surface area contributed by atoms with Crippen LogP contribution < -0.4 is 5.73 Å². The fraction of sp³-hybridized carbons (Fsp3) is 0.438. The van der Waals surface area contributed by atoms with Crippen LogP contribution in [0.2, 0.25) is 0 Å². The van der Waals surface area contributed by atoms with Crippen molar-refractivity contribution in [2.75, 3.05) is 6.61 Å². The highest BCUT2D eigenvalue weighted by Crippen LogP contribution is 2.28. The summed E-state index contributed by atoms with van der Waals surface area (Å²) in [4.78, 5) is 6.82. The maximum atomic E-state index is 6.20. The van der Waals surface area contributed by atoms with Gasteiger partial charge in [0.25, 0.3) is 0 Å². The molecule has 20 heavy (non-hydrogen) atoms. The molecular formula is C16H22N2OS. The third kappa shape index (κ3) is 4.13. The molecule has 0 saturated carbocycles. The van der Waals surface area contributed by atoms with E-state index in [0.29, 0.717) is 6.61 Å². The van der Waals surface area contributed by atoms with Crippen LogP contribution in [0.25, 0.3) is 0 Å². The van der Waals surface area contributed by atoms with Crippen LogP contribution in [0.15, 0.2) is 36.5 Å². The van der Waals surface area contributed by atoms with Crippen LogP contribution in [-0.4, -0.2) is 17.6 Å². The molecule has 0 aliphatic heterocycles. The fourth-order valence-electron chi connectivity index (χ4n) is 2.07. The molecule has 4 heteroatoms. The molecule has 0 aliphatic rings. The molecule has 0 radical (unpaired) electrons. The van der Waals surface area contributed by atoms with Gasteiger partial charge in [-0.15, -0.1) is 11.3 Å². The quantitative estimate of drug-likeness (QED) is 0.849. The van der Waals surface area contributed by atoms with Crippen molar-refractivity contribution in [2.24, 2.45) is 5.73 Å². The minimum atomic E-state index is -0.0117. The van der Waals surface area contributed by atoms with E-state index in [0.717, 1.165) is 18.5 Å². The summed E-state index contributed by atoms with van der Waals surface area (Å²) in [6, 6.07) is 10.2. The first-order chi connectivity index (χ1) is 9.70. The maximum absolute atomic E-state index is 6.20. The van der Waals surface area contributed by atoms with E-state index < -0.39 is 0 Å². The molecule has 0 saturated heterocycles. The van der Waals surface area contributed by atoms with Gasteiger partial charge in [-0.1, -0.05) is 13.0 Å². The van der Waals surface area contributed by atoms with Gasteiger partial charge in [-0.3, -0.25) is 4.98 Å². The molecule has 0 amide bonds. The summed E-state index contributed by atoms with van der Waals surface area (Å²) in [6.07, 6.45) is 3.53. The van der Waals surface area contributed by atoms with Crippen molar-refractivity contribution in [3.63, 3.8) is 0 Å². The Morgan fingerprint density at radius 2 is 2.15 bits per heavy atom. The Balaban J connectivity index is 1.95. The molecular weight excluding hydrogens is 268 g/mol. The molecule has 2 unspecified atom stereocenters. The monoisotopic (exact) mass is 290 g/mol. The lowest BCUT2D eigenvalue weighted by Gasteiger charge is -2.22. The van der Waals surface area contributed by atoms with Crippen LogP contribution >= 0.6 is 11.3 Å². The Morgan fingerprint density at radius 1 is 1.30 bits per heavy atom. The number of nitrogens with zero attached hydrogens (tertiary/aromatic N) is 1. The predicted octanol–water partition coefficient (Wildman–Crippen LogP) is 3.49. The second-order valence-electron chi connectivity index (χ2n) is 4.88. The Labute approximate surface area is 124 Å². The first kappa shape index (κ1) is 15.2. The molecule has 2 N–H and O–H groups in total. The maximum Gasteiger partial charge on any atom is 0.107 e. The van der Waals surface area contributed by atoms with Gasteiger partial charge in [0.2, 0.25) is 0 Å². The number of pyridine rings is 1. The second-order valence-corrected chi connectivity index (χ2v) is 6.20. The largest absolute Gasteiger partial charge is 0.371 e. The summed E-state index contributed by atoms with van der Waals surface area (Å²) in [6.45, 7) is 4.85. The van der Waals surface area contributed by atoms with Gasteiger partial charge in [-0.05, 0) is 37.6 Å². The number of rotatable bonds is 7. The van der Waals surface area contributed by atoms with Crippen molar-refractivity contribution in [1.82, 2.24) is 4.98 Å². The number of hydrogen-bond acceptors (Lipinski definition) is 4. The van der Waals surface area contributed by atoms with Crippen molar-refractivity contribution in [2.45, 2.75) is 38.8 Å². The predicted molar refractivity (Wildman–Crippen MR) is 84.0 cm³/mol. The first-order valence-corrected chi connectivity index (χ1v) is 7.85. The van der Waals surface area contributed by atoms with Gasteiger partial charge in [0.15, 0.2) is 0 Å². The number of thiophene rings is 1. The van der Waals surface area contributed by atoms with E-state index in [1.54, 1.807) is 11.3 Å². The Bertz CT molecular complexity index is 512. The third-order valence-corrected chi connectivity index (χ3v) is 4.35. The number of aryl methyl sites for hydroxylation is 1. The smallest absolute Gasteiger partial charge is 0.107 e. The highest BCUT2D eigenvalue weighted by Gasteiger charge is 2.20. The normalized spacial score (nSPS) is 14.2. The zero-order valence-corrected chi connectivity index (χ0v) is 12.9. The summed E-state index contributed by atoms with van der Waals surface area (Å²) in [5.41, 5.74) is 7.26. The van der Waals surface area contributed by atoms with Gasteiger partial charge in [0.05, 0.1) is 6.61 Å². The van der Waals surface area contributed by atoms with E-state index in [1.807, 2.05) is 24.4 Å². The topological polar surface area (TPSA) is 48.1 Å². The van der Waals surface area contributed by atoms with E-state index in [1.165, 1.54) is 9.75 Å². The first-order valence-electron chi connectivity index (χ1n) is 7.04. The number of nitrogens with two attached hydrogens (primary N) is 1. The molecule has 0 bridgehead atoms. The minimum Gasteiger partial charge on any atom is -0.371 e. The summed E-state index contributed by atoms with van der Waals surface area (Å²) in [5.74, 6) is 0. The lowest BCUT2D eigenvalue weighted by molar-refractivity contribution is 0.0375. The minimum absolute atomic E-state index is 0.0117. The highest BCUT2D eigenvalue weighted by atomic mass is 32.1. The zero-order valence-electron chi connectivity index (χ0n) is 12.1. The average Bonchev–Trinajstić information content (AvgIpc) is 2.90. The van der Waals surface area contributed by atoms with Crippen LogP contribution in [0.3, 0.4) is 0 Å². The Kier molecular flexibility index (Phi) is 5.71. The molecule has 2 heterocycles. The number of hydrogen-bond donors (Lipinski definition) is 1. The number of aromatic nitrogens is 1. The molecule has 2 aromatic rings. The van der Waals surface area contributed by atoms with Gasteiger partial charge < -0.3 is 10.5 Å². The van der Waals surface area contributed by atoms with Crippen LogP contribution in [0.4, 0.5) is 0 Å². The van der Waals surface area contributed by atoms with E-state index >= 15 is 0 Å². The molecule has 3 nitrogen and oxygen atoms in total. The summed E-state index contributed by atoms with van der Waals surface area (Å²) < 4.78 is 6.04. The molecule has 0 aliphatic carbocycles. The van der Waals surface area contributed by atoms with Gasteiger partial charge in [0.1, 0.15) is 6.10 Å². The standard InChI is InChI=1S/C16H22N2OS/c1-3-14(17)16(15-8-7-12(2)20-15)19-11-9-13-6-4-5-10-18-13/h4-8,10,14,16H,3,9,11,17H2,1-2H3. The summed E-state index contributed by atoms with van der Waals surface area (Å²) in [5, 5.41) is 0. The molecule has 2 aromatic heterocycles. The third-order valence-electron chi connectivity index (χ3n) is 3.28. The zero-order chi connectivity index (χ0) is 14.4. The van der Waals surface area contributed by atoms with Crippen LogP contribution in [0.1, 0.15) is 34.9 Å². The lowest BCUT2D eigenvalue weighted by Crippen LogP contribution is -2.29. The van der Waals surface area contributed by atoms with Crippen molar-refractivity contribution < 1.29 is 4.74 Å². The lowest BCUT2D eigenvalue weighted by atomic mass is 10.1. The van der Waals surface area contributed by atoms with E-state index in [2.05, 4.69) is 31.0 Å². The molecule has 0 fully saturated rings. The summed E-state index contributed by atoms with van der Waals surface area (Å²) in [7, 11) is 0. The molecule has 2 atom stereocenters. The molecule has 108 valence electrons. The second kappa shape index (κ2) is 7.53. The Morgan fingerprint density at radius 3 is 2.75 bits per heavy atom. The van der Waals surface area contributed by atoms with E-state index in [-0.39, 0.29) is 12.1 Å². The SMILES string of the molecule is CCC(N)C(OCCc1ccccn1)c1ccc(C)s1. The summed E-state index contributed by atoms with van der Waals surface area (Å²) >= 11 is 1.77.